The van der Waals surface area contributed by atoms with Gasteiger partial charge in [-0.3, -0.25) is 0 Å². The Kier molecular flexibility index (Phi) is 4.63. The number of nitriles is 1. The summed E-state index contributed by atoms with van der Waals surface area (Å²) >= 11 is 0. The second-order valence-corrected chi connectivity index (χ2v) is 4.80. The SMILES string of the molecule is COc1cc(C=NNc2oc(C(C)C)nc2C#N)ccc1O. The molecule has 0 saturated carbocycles. The van der Waals surface area contributed by atoms with E-state index in [9.17, 15) is 5.11 Å². The van der Waals surface area contributed by atoms with E-state index >= 15 is 0 Å². The largest absolute Gasteiger partial charge is 0.504 e. The number of methoxy groups -OCH3 is 1. The van der Waals surface area contributed by atoms with E-state index in [1.54, 1.807) is 12.1 Å². The minimum absolute atomic E-state index is 0.0520. The van der Waals surface area contributed by atoms with Crippen LogP contribution in [0.25, 0.3) is 0 Å². The first-order chi connectivity index (χ1) is 10.5. The smallest absolute Gasteiger partial charge is 0.252 e. The fourth-order valence-corrected chi connectivity index (χ4v) is 1.68. The monoisotopic (exact) mass is 300 g/mol. The molecule has 2 N–H and O–H groups in total. The molecule has 0 radical (unpaired) electrons. The maximum Gasteiger partial charge on any atom is 0.252 e. The van der Waals surface area contributed by atoms with E-state index in [-0.39, 0.29) is 23.2 Å². The predicted octanol–water partition coefficient (Wildman–Crippen LogP) is 2.83. The molecule has 1 heterocycles. The molecule has 0 unspecified atom stereocenters. The quantitative estimate of drug-likeness (QED) is 0.650. The molecule has 0 spiro atoms. The Bertz CT molecular complexity index is 729. The summed E-state index contributed by atoms with van der Waals surface area (Å²) in [5.41, 5.74) is 3.52. The molecular formula is C15H16N4O3. The number of oxazole rings is 1. The van der Waals surface area contributed by atoms with Crippen LogP contribution in [0.5, 0.6) is 11.5 Å². The Morgan fingerprint density at radius 3 is 2.91 bits per heavy atom. The number of aromatic hydroxyl groups is 1. The number of benzene rings is 1. The van der Waals surface area contributed by atoms with Crippen LogP contribution in [0.4, 0.5) is 5.88 Å². The van der Waals surface area contributed by atoms with Crippen LogP contribution >= 0.6 is 0 Å². The number of phenols is 1. The van der Waals surface area contributed by atoms with Gasteiger partial charge in [0.25, 0.3) is 5.88 Å². The molecule has 2 aromatic rings. The first kappa shape index (κ1) is 15.4. The molecule has 0 saturated heterocycles. The minimum atomic E-state index is 0.0520. The van der Waals surface area contributed by atoms with Gasteiger partial charge in [0.05, 0.1) is 13.3 Å². The molecule has 0 aliphatic rings. The number of ether oxygens (including phenoxy) is 1. The summed E-state index contributed by atoms with van der Waals surface area (Å²) in [7, 11) is 1.47. The van der Waals surface area contributed by atoms with Gasteiger partial charge in [0.1, 0.15) is 6.07 Å². The zero-order valence-corrected chi connectivity index (χ0v) is 12.5. The normalized spacial score (nSPS) is 10.9. The highest BCUT2D eigenvalue weighted by atomic mass is 16.5. The Morgan fingerprint density at radius 2 is 2.27 bits per heavy atom. The molecule has 1 aromatic heterocycles. The number of aromatic nitrogens is 1. The predicted molar refractivity (Wildman–Crippen MR) is 81.2 cm³/mol. The van der Waals surface area contributed by atoms with Crippen molar-refractivity contribution in [2.24, 2.45) is 5.10 Å². The molecule has 0 fully saturated rings. The lowest BCUT2D eigenvalue weighted by Crippen LogP contribution is -1.92. The molecule has 7 nitrogen and oxygen atoms in total. The average molecular weight is 300 g/mol. The van der Waals surface area contributed by atoms with Gasteiger partial charge in [0.2, 0.25) is 11.6 Å². The minimum Gasteiger partial charge on any atom is -0.504 e. The summed E-state index contributed by atoms with van der Waals surface area (Å²) in [6, 6.07) is 6.76. The summed E-state index contributed by atoms with van der Waals surface area (Å²) in [4.78, 5) is 4.08. The standard InChI is InChI=1S/C15H16N4O3/c1-9(2)14-18-11(7-16)15(22-14)19-17-8-10-4-5-12(20)13(6-10)21-3/h4-6,8-9,19-20H,1-3H3. The van der Waals surface area contributed by atoms with Crippen LogP contribution in [0.15, 0.2) is 27.7 Å². The van der Waals surface area contributed by atoms with Crippen molar-refractivity contribution in [2.45, 2.75) is 19.8 Å². The lowest BCUT2D eigenvalue weighted by atomic mass is 10.2. The Hall–Kier alpha value is -3.01. The molecule has 0 aliphatic carbocycles. The molecule has 0 atom stereocenters. The number of hydrogen-bond acceptors (Lipinski definition) is 7. The number of hydrogen-bond donors (Lipinski definition) is 2. The lowest BCUT2D eigenvalue weighted by Gasteiger charge is -2.03. The molecule has 0 aliphatic heterocycles. The number of phenolic OH excluding ortho intramolecular Hbond substituents is 1. The van der Waals surface area contributed by atoms with Gasteiger partial charge in [-0.05, 0) is 23.8 Å². The van der Waals surface area contributed by atoms with Crippen molar-refractivity contribution in [3.8, 4) is 17.6 Å². The summed E-state index contributed by atoms with van der Waals surface area (Å²) in [5.74, 6) is 1.15. The molecular weight excluding hydrogens is 284 g/mol. The molecule has 0 amide bonds. The topological polar surface area (TPSA) is 104 Å². The van der Waals surface area contributed by atoms with E-state index in [0.717, 1.165) is 0 Å². The van der Waals surface area contributed by atoms with Crippen LogP contribution in [-0.4, -0.2) is 23.4 Å². The van der Waals surface area contributed by atoms with E-state index < -0.39 is 0 Å². The van der Waals surface area contributed by atoms with E-state index in [4.69, 9.17) is 14.4 Å². The fraction of sp³-hybridized carbons (Fsp3) is 0.267. The second kappa shape index (κ2) is 6.63. The fourth-order valence-electron chi connectivity index (χ4n) is 1.68. The van der Waals surface area contributed by atoms with E-state index in [1.807, 2.05) is 19.9 Å². The maximum absolute atomic E-state index is 9.52. The number of rotatable bonds is 5. The number of nitrogens with one attached hydrogen (secondary N) is 1. The zero-order chi connectivity index (χ0) is 16.1. The van der Waals surface area contributed by atoms with Gasteiger partial charge in [-0.1, -0.05) is 13.8 Å². The van der Waals surface area contributed by atoms with Crippen LogP contribution in [0.3, 0.4) is 0 Å². The summed E-state index contributed by atoms with van der Waals surface area (Å²) in [6.07, 6.45) is 1.51. The second-order valence-electron chi connectivity index (χ2n) is 4.80. The Balaban J connectivity index is 2.14. The lowest BCUT2D eigenvalue weighted by molar-refractivity contribution is 0.373. The molecule has 1 aromatic carbocycles. The Morgan fingerprint density at radius 1 is 1.50 bits per heavy atom. The average Bonchev–Trinajstić information content (AvgIpc) is 2.92. The molecule has 114 valence electrons. The van der Waals surface area contributed by atoms with Crippen LogP contribution < -0.4 is 10.2 Å². The third-order valence-corrected chi connectivity index (χ3v) is 2.83. The maximum atomic E-state index is 9.52. The summed E-state index contributed by atoms with van der Waals surface area (Å²) < 4.78 is 10.5. The highest BCUT2D eigenvalue weighted by Gasteiger charge is 2.14. The van der Waals surface area contributed by atoms with Gasteiger partial charge >= 0.3 is 0 Å². The van der Waals surface area contributed by atoms with Crippen molar-refractivity contribution in [3.05, 3.63) is 35.3 Å². The number of anilines is 1. The van der Waals surface area contributed by atoms with Gasteiger partial charge in [0, 0.05) is 5.92 Å². The van der Waals surface area contributed by atoms with E-state index in [2.05, 4.69) is 15.5 Å². The van der Waals surface area contributed by atoms with Crippen molar-refractivity contribution >= 4 is 12.1 Å². The third kappa shape index (κ3) is 3.35. The van der Waals surface area contributed by atoms with Crippen LogP contribution in [0.2, 0.25) is 0 Å². The van der Waals surface area contributed by atoms with E-state index in [1.165, 1.54) is 19.4 Å². The van der Waals surface area contributed by atoms with Crippen molar-refractivity contribution in [3.63, 3.8) is 0 Å². The van der Waals surface area contributed by atoms with Gasteiger partial charge in [-0.25, -0.2) is 10.4 Å². The van der Waals surface area contributed by atoms with Crippen molar-refractivity contribution in [1.82, 2.24) is 4.98 Å². The van der Waals surface area contributed by atoms with Crippen molar-refractivity contribution in [2.75, 3.05) is 12.5 Å². The van der Waals surface area contributed by atoms with Crippen LogP contribution in [0.1, 0.15) is 36.9 Å². The number of nitrogens with zero attached hydrogens (tertiary/aromatic N) is 3. The summed E-state index contributed by atoms with van der Waals surface area (Å²) in [6.45, 7) is 3.84. The van der Waals surface area contributed by atoms with Crippen molar-refractivity contribution < 1.29 is 14.3 Å². The molecule has 0 bridgehead atoms. The summed E-state index contributed by atoms with van der Waals surface area (Å²) in [5, 5.41) is 22.5. The number of hydrazone groups is 1. The van der Waals surface area contributed by atoms with Gasteiger partial charge in [-0.15, -0.1) is 0 Å². The van der Waals surface area contributed by atoms with Gasteiger partial charge < -0.3 is 14.3 Å². The molecule has 22 heavy (non-hydrogen) atoms. The third-order valence-electron chi connectivity index (χ3n) is 2.83. The van der Waals surface area contributed by atoms with Crippen LogP contribution in [-0.2, 0) is 0 Å². The van der Waals surface area contributed by atoms with Crippen LogP contribution in [0, 0.1) is 11.3 Å². The Labute approximate surface area is 127 Å². The van der Waals surface area contributed by atoms with Gasteiger partial charge in [0.15, 0.2) is 11.5 Å². The highest BCUT2D eigenvalue weighted by Crippen LogP contribution is 2.26. The molecule has 2 rings (SSSR count). The van der Waals surface area contributed by atoms with E-state index in [0.29, 0.717) is 17.2 Å². The first-order valence-corrected chi connectivity index (χ1v) is 6.62. The first-order valence-electron chi connectivity index (χ1n) is 6.62. The zero-order valence-electron chi connectivity index (χ0n) is 12.5. The van der Waals surface area contributed by atoms with Gasteiger partial charge in [-0.2, -0.15) is 10.4 Å². The van der Waals surface area contributed by atoms with Crippen molar-refractivity contribution in [1.29, 1.82) is 5.26 Å². The highest BCUT2D eigenvalue weighted by molar-refractivity contribution is 5.81. The molecule has 7 heteroatoms.